The molecular weight excluding hydrogens is 348 g/mol. The van der Waals surface area contributed by atoms with E-state index in [1.807, 2.05) is 6.07 Å². The lowest BCUT2D eigenvalue weighted by Crippen LogP contribution is -2.52. The maximum Gasteiger partial charge on any atom is 0.122 e. The highest BCUT2D eigenvalue weighted by Crippen LogP contribution is 2.25. The van der Waals surface area contributed by atoms with E-state index in [1.165, 1.54) is 11.1 Å². The molecule has 1 fully saturated rings. The molecule has 0 radical (unpaired) electrons. The van der Waals surface area contributed by atoms with Crippen LogP contribution in [0.1, 0.15) is 17.5 Å². The molecule has 1 aliphatic rings. The minimum Gasteiger partial charge on any atom is -0.497 e. The molecule has 1 aromatic carbocycles. The zero-order valence-electron chi connectivity index (χ0n) is 15.6. The number of hydrogen-bond donors (Lipinski definition) is 1. The molecule has 0 spiro atoms. The predicted molar refractivity (Wildman–Crippen MR) is 105 cm³/mol. The van der Waals surface area contributed by atoms with E-state index < -0.39 is 0 Å². The first-order valence-corrected chi connectivity index (χ1v) is 9.96. The summed E-state index contributed by atoms with van der Waals surface area (Å²) in [6.07, 6.45) is 0.808. The molecule has 2 heterocycles. The summed E-state index contributed by atoms with van der Waals surface area (Å²) in [4.78, 5) is 4.96. The van der Waals surface area contributed by atoms with E-state index in [0.29, 0.717) is 6.04 Å². The summed E-state index contributed by atoms with van der Waals surface area (Å²) in [5.74, 6) is 1.64. The first-order valence-electron chi connectivity index (χ1n) is 9.02. The van der Waals surface area contributed by atoms with Crippen LogP contribution in [0.5, 0.6) is 11.5 Å². The number of thiophene rings is 1. The van der Waals surface area contributed by atoms with Crippen LogP contribution in [0.25, 0.3) is 0 Å². The highest BCUT2D eigenvalue weighted by atomic mass is 32.1. The molecule has 0 amide bonds. The number of ether oxygens (including phenoxy) is 2. The zero-order chi connectivity index (χ0) is 18.4. The average Bonchev–Trinajstić information content (AvgIpc) is 3.17. The molecule has 1 aromatic heterocycles. The van der Waals surface area contributed by atoms with Crippen LogP contribution in [-0.2, 0) is 13.1 Å². The Kier molecular flexibility index (Phi) is 6.91. The normalized spacial score (nSPS) is 18.8. The van der Waals surface area contributed by atoms with Crippen LogP contribution in [0, 0.1) is 0 Å². The Morgan fingerprint density at radius 3 is 2.46 bits per heavy atom. The van der Waals surface area contributed by atoms with E-state index >= 15 is 0 Å². The number of aliphatic hydroxyl groups is 1. The average molecular weight is 377 g/mol. The van der Waals surface area contributed by atoms with Gasteiger partial charge in [-0.1, -0.05) is 0 Å². The first kappa shape index (κ1) is 19.2. The smallest absolute Gasteiger partial charge is 0.122 e. The summed E-state index contributed by atoms with van der Waals surface area (Å²) < 4.78 is 10.8. The molecule has 1 N–H and O–H groups in total. The summed E-state index contributed by atoms with van der Waals surface area (Å²) in [6.45, 7) is 5.06. The number of piperazine rings is 1. The number of hydrogen-bond acceptors (Lipinski definition) is 6. The van der Waals surface area contributed by atoms with Crippen molar-refractivity contribution in [2.75, 3.05) is 40.5 Å². The maximum atomic E-state index is 9.50. The van der Waals surface area contributed by atoms with Crippen molar-refractivity contribution in [3.05, 3.63) is 46.2 Å². The third-order valence-electron chi connectivity index (χ3n) is 4.93. The molecule has 0 aliphatic carbocycles. The lowest BCUT2D eigenvalue weighted by Gasteiger charge is -2.41. The van der Waals surface area contributed by atoms with Crippen LogP contribution < -0.4 is 9.47 Å². The highest BCUT2D eigenvalue weighted by Gasteiger charge is 2.26. The van der Waals surface area contributed by atoms with Gasteiger partial charge in [0.1, 0.15) is 11.5 Å². The van der Waals surface area contributed by atoms with Crippen LogP contribution in [0.2, 0.25) is 0 Å². The fraction of sp³-hybridized carbons (Fsp3) is 0.500. The van der Waals surface area contributed by atoms with Gasteiger partial charge < -0.3 is 14.6 Å². The third-order valence-corrected chi connectivity index (χ3v) is 5.67. The summed E-state index contributed by atoms with van der Waals surface area (Å²) in [5, 5.41) is 13.8. The molecule has 1 saturated heterocycles. The number of methoxy groups -OCH3 is 2. The van der Waals surface area contributed by atoms with Crippen molar-refractivity contribution in [2.45, 2.75) is 25.6 Å². The van der Waals surface area contributed by atoms with Crippen molar-refractivity contribution in [1.29, 1.82) is 0 Å². The van der Waals surface area contributed by atoms with Gasteiger partial charge in [-0.3, -0.25) is 9.80 Å². The fourth-order valence-corrected chi connectivity index (χ4v) is 4.22. The monoisotopic (exact) mass is 376 g/mol. The zero-order valence-corrected chi connectivity index (χ0v) is 16.4. The Morgan fingerprint density at radius 2 is 1.85 bits per heavy atom. The standard InChI is InChI=1S/C20H28N2O3S/c1-24-19-9-17(10-20(11-19)25-2)12-21-5-6-22(18(14-21)3-7-23)13-16-4-8-26-15-16/h4,8-11,15,18,23H,3,5-7,12-14H2,1-2H3/t18-/m0/s1. The molecule has 0 bridgehead atoms. The van der Waals surface area contributed by atoms with Gasteiger partial charge in [0.25, 0.3) is 0 Å². The molecule has 0 saturated carbocycles. The van der Waals surface area contributed by atoms with Gasteiger partial charge >= 0.3 is 0 Å². The molecule has 0 unspecified atom stereocenters. The first-order chi connectivity index (χ1) is 12.7. The van der Waals surface area contributed by atoms with Gasteiger partial charge in [0.05, 0.1) is 14.2 Å². The topological polar surface area (TPSA) is 45.2 Å². The minimum absolute atomic E-state index is 0.228. The molecule has 1 aliphatic heterocycles. The molecule has 142 valence electrons. The van der Waals surface area contributed by atoms with Crippen molar-refractivity contribution in [1.82, 2.24) is 9.80 Å². The van der Waals surface area contributed by atoms with Gasteiger partial charge in [0.15, 0.2) is 0 Å². The van der Waals surface area contributed by atoms with Crippen molar-refractivity contribution in [3.63, 3.8) is 0 Å². The van der Waals surface area contributed by atoms with E-state index in [2.05, 4.69) is 38.8 Å². The number of nitrogens with zero attached hydrogens (tertiary/aromatic N) is 2. The lowest BCUT2D eigenvalue weighted by atomic mass is 10.1. The molecular formula is C20H28N2O3S. The van der Waals surface area contributed by atoms with Crippen LogP contribution in [0.15, 0.2) is 35.0 Å². The quantitative estimate of drug-likeness (QED) is 0.768. The predicted octanol–water partition coefficient (Wildman–Crippen LogP) is 2.83. The van der Waals surface area contributed by atoms with Gasteiger partial charge in [-0.2, -0.15) is 11.3 Å². The molecule has 6 heteroatoms. The van der Waals surface area contributed by atoms with E-state index in [9.17, 15) is 5.11 Å². The molecule has 3 rings (SSSR count). The summed E-state index contributed by atoms with van der Waals surface area (Å²) in [6, 6.07) is 8.61. The fourth-order valence-electron chi connectivity index (χ4n) is 3.56. The Morgan fingerprint density at radius 1 is 1.08 bits per heavy atom. The van der Waals surface area contributed by atoms with Gasteiger partial charge in [0.2, 0.25) is 0 Å². The number of benzene rings is 1. The second-order valence-electron chi connectivity index (χ2n) is 6.72. The number of rotatable bonds is 8. The van der Waals surface area contributed by atoms with Gasteiger partial charge in [-0.05, 0) is 46.5 Å². The van der Waals surface area contributed by atoms with Crippen molar-refractivity contribution >= 4 is 11.3 Å². The second-order valence-corrected chi connectivity index (χ2v) is 7.50. The van der Waals surface area contributed by atoms with E-state index in [1.54, 1.807) is 25.6 Å². The molecule has 5 nitrogen and oxygen atoms in total. The summed E-state index contributed by atoms with van der Waals surface area (Å²) in [7, 11) is 3.36. The molecule has 26 heavy (non-hydrogen) atoms. The molecule has 2 aromatic rings. The second kappa shape index (κ2) is 9.37. The Balaban J connectivity index is 1.65. The maximum absolute atomic E-state index is 9.50. The van der Waals surface area contributed by atoms with E-state index in [0.717, 1.165) is 50.6 Å². The van der Waals surface area contributed by atoms with E-state index in [-0.39, 0.29) is 6.61 Å². The highest BCUT2D eigenvalue weighted by molar-refractivity contribution is 7.07. The molecule has 1 atom stereocenters. The Hall–Kier alpha value is -1.60. The van der Waals surface area contributed by atoms with Crippen LogP contribution in [0.4, 0.5) is 0 Å². The van der Waals surface area contributed by atoms with Gasteiger partial charge in [-0.25, -0.2) is 0 Å². The van der Waals surface area contributed by atoms with Gasteiger partial charge in [0, 0.05) is 51.4 Å². The Labute approximate surface area is 159 Å². The van der Waals surface area contributed by atoms with Crippen LogP contribution in [0.3, 0.4) is 0 Å². The number of aliphatic hydroxyl groups excluding tert-OH is 1. The van der Waals surface area contributed by atoms with Crippen molar-refractivity contribution in [3.8, 4) is 11.5 Å². The van der Waals surface area contributed by atoms with Crippen molar-refractivity contribution in [2.24, 2.45) is 0 Å². The third kappa shape index (κ3) is 4.98. The SMILES string of the molecule is COc1cc(CN2CCN(Cc3ccsc3)[C@@H](CCO)C2)cc(OC)c1. The lowest BCUT2D eigenvalue weighted by molar-refractivity contribution is 0.0500. The minimum atomic E-state index is 0.228. The van der Waals surface area contributed by atoms with Crippen LogP contribution >= 0.6 is 11.3 Å². The summed E-state index contributed by atoms with van der Waals surface area (Å²) >= 11 is 1.74. The van der Waals surface area contributed by atoms with Gasteiger partial charge in [-0.15, -0.1) is 0 Å². The largest absolute Gasteiger partial charge is 0.497 e. The van der Waals surface area contributed by atoms with E-state index in [4.69, 9.17) is 9.47 Å². The van der Waals surface area contributed by atoms with Crippen LogP contribution in [-0.4, -0.2) is 61.4 Å². The van der Waals surface area contributed by atoms with Crippen molar-refractivity contribution < 1.29 is 14.6 Å². The summed E-state index contributed by atoms with van der Waals surface area (Å²) in [5.41, 5.74) is 2.55. The Bertz CT molecular complexity index is 655.